The second kappa shape index (κ2) is 11.3. The molecule has 1 heterocycles. The van der Waals surface area contributed by atoms with Gasteiger partial charge in [-0.2, -0.15) is 0 Å². The van der Waals surface area contributed by atoms with Crippen LogP contribution in [-0.2, 0) is 11.3 Å². The third-order valence-electron chi connectivity index (χ3n) is 4.99. The van der Waals surface area contributed by atoms with Gasteiger partial charge in [0.1, 0.15) is 5.69 Å². The minimum atomic E-state index is -0.527. The van der Waals surface area contributed by atoms with E-state index in [0.29, 0.717) is 17.5 Å². The predicted molar refractivity (Wildman–Crippen MR) is 132 cm³/mol. The van der Waals surface area contributed by atoms with E-state index in [0.717, 1.165) is 24.3 Å². The third-order valence-corrected chi connectivity index (χ3v) is 5.96. The molecule has 0 unspecified atom stereocenters. The summed E-state index contributed by atoms with van der Waals surface area (Å²) in [6.07, 6.45) is 1.74. The summed E-state index contributed by atoms with van der Waals surface area (Å²) in [5.41, 5.74) is 2.06. The van der Waals surface area contributed by atoms with Crippen LogP contribution >= 0.6 is 11.8 Å². The van der Waals surface area contributed by atoms with Gasteiger partial charge in [-0.15, -0.1) is 16.8 Å². The molecule has 10 heteroatoms. The number of carbonyl (C=O) groups is 1. The van der Waals surface area contributed by atoms with Crippen LogP contribution in [0.25, 0.3) is 11.4 Å². The fraction of sp³-hybridized carbons (Fsp3) is 0.261. The quantitative estimate of drug-likeness (QED) is 0.190. The molecule has 172 valence electrons. The molecule has 1 amide bonds. The Kier molecular flexibility index (Phi) is 8.20. The molecule has 9 nitrogen and oxygen atoms in total. The fourth-order valence-electron chi connectivity index (χ4n) is 3.37. The maximum Gasteiger partial charge on any atom is 0.292 e. The number of rotatable bonds is 11. The highest BCUT2D eigenvalue weighted by molar-refractivity contribution is 7.99. The predicted octanol–water partition coefficient (Wildman–Crippen LogP) is 4.62. The van der Waals surface area contributed by atoms with Crippen molar-refractivity contribution in [2.24, 2.45) is 0 Å². The molecular formula is C23H26N6O3S. The van der Waals surface area contributed by atoms with E-state index in [2.05, 4.69) is 53.0 Å². The normalized spacial score (nSPS) is 10.6. The molecule has 0 spiro atoms. The number of nitro groups is 1. The summed E-state index contributed by atoms with van der Waals surface area (Å²) in [5, 5.41) is 22.9. The van der Waals surface area contributed by atoms with Crippen molar-refractivity contribution in [2.75, 3.05) is 29.1 Å². The van der Waals surface area contributed by atoms with E-state index in [1.54, 1.807) is 18.2 Å². The highest BCUT2D eigenvalue weighted by Crippen LogP contribution is 2.27. The largest absolute Gasteiger partial charge is 0.372 e. The highest BCUT2D eigenvalue weighted by Gasteiger charge is 2.18. The van der Waals surface area contributed by atoms with Crippen LogP contribution in [0.2, 0.25) is 0 Å². The van der Waals surface area contributed by atoms with Crippen molar-refractivity contribution in [1.29, 1.82) is 0 Å². The van der Waals surface area contributed by atoms with Gasteiger partial charge in [0.15, 0.2) is 11.0 Å². The molecule has 0 bridgehead atoms. The van der Waals surface area contributed by atoms with Crippen LogP contribution in [-0.4, -0.2) is 44.4 Å². The molecule has 0 aliphatic rings. The standard InChI is InChI=1S/C23H26N6O3S/c1-4-15-28-22(17-11-13-18(14-12-17)27(5-2)6-3)25-26-23(28)33-16-21(30)24-19-9-7-8-10-20(19)29(31)32/h4,7-14H,1,5-6,15-16H2,2-3H3,(H,24,30). The second-order valence-electron chi connectivity index (χ2n) is 7.04. The monoisotopic (exact) mass is 466 g/mol. The van der Waals surface area contributed by atoms with Crippen molar-refractivity contribution in [1.82, 2.24) is 14.8 Å². The average Bonchev–Trinajstić information content (AvgIpc) is 3.22. The lowest BCUT2D eigenvalue weighted by atomic mass is 10.2. The first-order valence-electron chi connectivity index (χ1n) is 10.5. The van der Waals surface area contributed by atoms with Crippen molar-refractivity contribution in [3.63, 3.8) is 0 Å². The zero-order valence-electron chi connectivity index (χ0n) is 18.6. The number of nitro benzene ring substituents is 1. The molecule has 3 aromatic rings. The van der Waals surface area contributed by atoms with Gasteiger partial charge in [-0.1, -0.05) is 30.0 Å². The van der Waals surface area contributed by atoms with Gasteiger partial charge < -0.3 is 10.2 Å². The number of para-hydroxylation sites is 2. The van der Waals surface area contributed by atoms with E-state index in [9.17, 15) is 14.9 Å². The van der Waals surface area contributed by atoms with Gasteiger partial charge in [0.2, 0.25) is 5.91 Å². The van der Waals surface area contributed by atoms with Gasteiger partial charge in [0.25, 0.3) is 5.69 Å². The molecule has 0 atom stereocenters. The number of anilines is 2. The highest BCUT2D eigenvalue weighted by atomic mass is 32.2. The fourth-order valence-corrected chi connectivity index (χ4v) is 4.12. The van der Waals surface area contributed by atoms with Crippen LogP contribution in [0.15, 0.2) is 66.3 Å². The van der Waals surface area contributed by atoms with Crippen LogP contribution in [0.1, 0.15) is 13.8 Å². The van der Waals surface area contributed by atoms with Crippen LogP contribution < -0.4 is 10.2 Å². The first-order chi connectivity index (χ1) is 16.0. The van der Waals surface area contributed by atoms with Crippen LogP contribution in [0.4, 0.5) is 17.1 Å². The third kappa shape index (κ3) is 5.78. The van der Waals surface area contributed by atoms with E-state index in [4.69, 9.17) is 0 Å². The summed E-state index contributed by atoms with van der Waals surface area (Å²) in [6.45, 7) is 10.4. The Bertz CT molecular complexity index is 1130. The van der Waals surface area contributed by atoms with Crippen molar-refractivity contribution >= 4 is 34.7 Å². The van der Waals surface area contributed by atoms with Gasteiger partial charge in [-0.25, -0.2) is 0 Å². The summed E-state index contributed by atoms with van der Waals surface area (Å²) in [4.78, 5) is 25.3. The summed E-state index contributed by atoms with van der Waals surface area (Å²) in [7, 11) is 0. The summed E-state index contributed by atoms with van der Waals surface area (Å²) >= 11 is 1.21. The Balaban J connectivity index is 1.74. The van der Waals surface area contributed by atoms with Crippen molar-refractivity contribution < 1.29 is 9.72 Å². The molecule has 0 saturated heterocycles. The molecule has 0 aliphatic carbocycles. The van der Waals surface area contributed by atoms with Crippen LogP contribution in [0.3, 0.4) is 0 Å². The van der Waals surface area contributed by atoms with E-state index in [1.807, 2.05) is 16.7 Å². The molecule has 0 aliphatic heterocycles. The lowest BCUT2D eigenvalue weighted by molar-refractivity contribution is -0.383. The Labute approximate surface area is 196 Å². The van der Waals surface area contributed by atoms with Crippen molar-refractivity contribution in [3.8, 4) is 11.4 Å². The second-order valence-corrected chi connectivity index (χ2v) is 7.98. The first kappa shape index (κ1) is 24.0. The number of nitrogens with one attached hydrogen (secondary N) is 1. The van der Waals surface area contributed by atoms with Crippen LogP contribution in [0.5, 0.6) is 0 Å². The average molecular weight is 467 g/mol. The van der Waals surface area contributed by atoms with Gasteiger partial charge in [-0.05, 0) is 44.2 Å². The minimum absolute atomic E-state index is 0.0300. The number of amides is 1. The Hall–Kier alpha value is -3.66. The molecule has 0 fully saturated rings. The molecule has 1 N–H and O–H groups in total. The number of nitrogens with zero attached hydrogens (tertiary/aromatic N) is 5. The van der Waals surface area contributed by atoms with Crippen LogP contribution in [0, 0.1) is 10.1 Å². The minimum Gasteiger partial charge on any atom is -0.372 e. The van der Waals surface area contributed by atoms with E-state index >= 15 is 0 Å². The van der Waals surface area contributed by atoms with Gasteiger partial charge >= 0.3 is 0 Å². The van der Waals surface area contributed by atoms with E-state index in [-0.39, 0.29) is 23.0 Å². The number of hydrogen-bond donors (Lipinski definition) is 1. The topological polar surface area (TPSA) is 106 Å². The first-order valence-corrected chi connectivity index (χ1v) is 11.5. The SMILES string of the molecule is C=CCn1c(SCC(=O)Nc2ccccc2[N+](=O)[O-])nnc1-c1ccc(N(CC)CC)cc1. The molecule has 33 heavy (non-hydrogen) atoms. The number of thioether (sulfide) groups is 1. The molecule has 3 rings (SSSR count). The molecule has 1 aromatic heterocycles. The molecule has 0 radical (unpaired) electrons. The lowest BCUT2D eigenvalue weighted by Gasteiger charge is -2.21. The number of benzene rings is 2. The Morgan fingerprint density at radius 2 is 1.88 bits per heavy atom. The van der Waals surface area contributed by atoms with Gasteiger partial charge in [0, 0.05) is 37.0 Å². The Morgan fingerprint density at radius 1 is 1.18 bits per heavy atom. The zero-order chi connectivity index (χ0) is 23.8. The molecule has 2 aromatic carbocycles. The number of carbonyl (C=O) groups excluding carboxylic acids is 1. The number of hydrogen-bond acceptors (Lipinski definition) is 7. The number of allylic oxidation sites excluding steroid dienone is 1. The van der Waals surface area contributed by atoms with Gasteiger partial charge in [-0.3, -0.25) is 19.5 Å². The maximum atomic E-state index is 12.4. The molecular weight excluding hydrogens is 440 g/mol. The van der Waals surface area contributed by atoms with E-state index < -0.39 is 4.92 Å². The smallest absolute Gasteiger partial charge is 0.292 e. The van der Waals surface area contributed by atoms with Crippen molar-refractivity contribution in [2.45, 2.75) is 25.5 Å². The summed E-state index contributed by atoms with van der Waals surface area (Å²) < 4.78 is 1.89. The summed E-state index contributed by atoms with van der Waals surface area (Å²) in [5.74, 6) is 0.345. The Morgan fingerprint density at radius 3 is 2.52 bits per heavy atom. The van der Waals surface area contributed by atoms with Gasteiger partial charge in [0.05, 0.1) is 10.7 Å². The van der Waals surface area contributed by atoms with Crippen molar-refractivity contribution in [3.05, 3.63) is 71.3 Å². The maximum absolute atomic E-state index is 12.4. The molecule has 0 saturated carbocycles. The zero-order valence-corrected chi connectivity index (χ0v) is 19.4. The lowest BCUT2D eigenvalue weighted by Crippen LogP contribution is -2.21. The van der Waals surface area contributed by atoms with E-state index in [1.165, 1.54) is 23.9 Å². The summed E-state index contributed by atoms with van der Waals surface area (Å²) in [6, 6.07) is 14.2. The number of aromatic nitrogens is 3.